The van der Waals surface area contributed by atoms with Gasteiger partial charge in [-0.3, -0.25) is 14.7 Å². The highest BCUT2D eigenvalue weighted by Crippen LogP contribution is 2.43. The lowest BCUT2D eigenvalue weighted by molar-refractivity contribution is -0.0452. The van der Waals surface area contributed by atoms with Crippen LogP contribution in [0.3, 0.4) is 0 Å². The van der Waals surface area contributed by atoms with Gasteiger partial charge in [0.2, 0.25) is 0 Å². The molecule has 1 atom stereocenters. The van der Waals surface area contributed by atoms with Gasteiger partial charge in [0, 0.05) is 48.3 Å². The Morgan fingerprint density at radius 3 is 2.84 bits per heavy atom. The largest absolute Gasteiger partial charge is 0.370 e. The van der Waals surface area contributed by atoms with Gasteiger partial charge in [-0.2, -0.15) is 0 Å². The molecule has 1 amide bonds. The first-order chi connectivity index (χ1) is 15.5. The molecule has 2 saturated heterocycles. The number of amides is 1. The summed E-state index contributed by atoms with van der Waals surface area (Å²) in [4.78, 5) is 19.6. The first-order valence-electron chi connectivity index (χ1n) is 11.1. The summed E-state index contributed by atoms with van der Waals surface area (Å²) in [6.07, 6.45) is 4.50. The number of rotatable bonds is 2. The zero-order chi connectivity index (χ0) is 21.8. The van der Waals surface area contributed by atoms with E-state index in [4.69, 9.17) is 16.3 Å². The SMILES string of the molecule is O=C1N[C@@]2(COC3(CCN(Cc4ccc5ncccc5c4)CC3)C2)Nc2ccc(Cl)cc21. The van der Waals surface area contributed by atoms with E-state index < -0.39 is 5.66 Å². The molecule has 1 aromatic heterocycles. The van der Waals surface area contributed by atoms with Crippen molar-refractivity contribution >= 4 is 34.1 Å². The van der Waals surface area contributed by atoms with E-state index >= 15 is 0 Å². The molecule has 2 aromatic carbocycles. The number of halogens is 1. The van der Waals surface area contributed by atoms with Crippen LogP contribution in [0.15, 0.2) is 54.7 Å². The summed E-state index contributed by atoms with van der Waals surface area (Å²) >= 11 is 6.07. The fourth-order valence-electron chi connectivity index (χ4n) is 5.40. The Morgan fingerprint density at radius 2 is 1.97 bits per heavy atom. The van der Waals surface area contributed by atoms with E-state index in [1.807, 2.05) is 24.4 Å². The molecule has 0 bridgehead atoms. The average molecular weight is 449 g/mol. The Hall–Kier alpha value is -2.67. The number of carbonyl (C=O) groups is 1. The summed E-state index contributed by atoms with van der Waals surface area (Å²) in [5, 5.41) is 8.44. The monoisotopic (exact) mass is 448 g/mol. The normalized spacial score (nSPS) is 24.5. The third-order valence-corrected chi connectivity index (χ3v) is 7.28. The van der Waals surface area contributed by atoms with Crippen molar-refractivity contribution in [3.8, 4) is 0 Å². The third kappa shape index (κ3) is 3.52. The number of likely N-dealkylation sites (tertiary alicyclic amines) is 1. The Labute approximate surface area is 191 Å². The molecule has 2 spiro atoms. The number of anilines is 1. The molecule has 2 N–H and O–H groups in total. The van der Waals surface area contributed by atoms with Gasteiger partial charge in [-0.25, -0.2) is 0 Å². The number of nitrogens with zero attached hydrogens (tertiary/aromatic N) is 2. The van der Waals surface area contributed by atoms with Crippen molar-refractivity contribution in [3.63, 3.8) is 0 Å². The number of nitrogens with one attached hydrogen (secondary N) is 2. The van der Waals surface area contributed by atoms with Gasteiger partial charge in [0.05, 0.1) is 23.3 Å². The van der Waals surface area contributed by atoms with Crippen molar-refractivity contribution in [2.24, 2.45) is 0 Å². The standard InChI is InChI=1S/C25H25ClN4O2/c26-19-4-6-22-20(13-19)23(31)29-25(28-22)15-24(32-16-25)7-10-30(11-8-24)14-17-3-5-21-18(12-17)2-1-9-27-21/h1-6,9,12-13,28H,7-8,10-11,14-16H2,(H,29,31)/t25-/m0/s1. The van der Waals surface area contributed by atoms with Crippen LogP contribution in [0.4, 0.5) is 5.69 Å². The predicted octanol–water partition coefficient (Wildman–Crippen LogP) is 4.19. The molecular weight excluding hydrogens is 424 g/mol. The van der Waals surface area contributed by atoms with Crippen LogP contribution in [-0.2, 0) is 11.3 Å². The van der Waals surface area contributed by atoms with E-state index in [9.17, 15) is 4.79 Å². The summed E-state index contributed by atoms with van der Waals surface area (Å²) in [6.45, 7) is 3.34. The topological polar surface area (TPSA) is 66.5 Å². The molecular formula is C25H25ClN4O2. The second kappa shape index (κ2) is 7.44. The maximum absolute atomic E-state index is 12.7. The number of benzene rings is 2. The lowest BCUT2D eigenvalue weighted by Crippen LogP contribution is -2.59. The van der Waals surface area contributed by atoms with Crippen LogP contribution in [-0.4, -0.2) is 46.8 Å². The molecule has 0 unspecified atom stereocenters. The lowest BCUT2D eigenvalue weighted by Gasteiger charge is -2.41. The number of carbonyl (C=O) groups excluding carboxylic acids is 1. The number of aromatic nitrogens is 1. The molecule has 2 fully saturated rings. The smallest absolute Gasteiger partial charge is 0.255 e. The number of hydrogen-bond acceptors (Lipinski definition) is 5. The van der Waals surface area contributed by atoms with Crippen molar-refractivity contribution in [3.05, 3.63) is 70.9 Å². The zero-order valence-electron chi connectivity index (χ0n) is 17.7. The third-order valence-electron chi connectivity index (χ3n) is 7.04. The summed E-state index contributed by atoms with van der Waals surface area (Å²) < 4.78 is 6.38. The second-order valence-electron chi connectivity index (χ2n) is 9.31. The number of ether oxygens (including phenoxy) is 1. The van der Waals surface area contributed by atoms with Gasteiger partial charge in [-0.1, -0.05) is 23.7 Å². The van der Waals surface area contributed by atoms with Crippen molar-refractivity contribution in [2.75, 3.05) is 25.0 Å². The molecule has 0 aliphatic carbocycles. The Balaban J connectivity index is 1.12. The van der Waals surface area contributed by atoms with Crippen LogP contribution < -0.4 is 10.6 Å². The Kier molecular flexibility index (Phi) is 4.64. The van der Waals surface area contributed by atoms with E-state index in [2.05, 4.69) is 44.8 Å². The maximum Gasteiger partial charge on any atom is 0.255 e. The van der Waals surface area contributed by atoms with Gasteiger partial charge in [0.1, 0.15) is 5.66 Å². The average Bonchev–Trinajstić information content (AvgIpc) is 3.13. The minimum atomic E-state index is -0.550. The van der Waals surface area contributed by atoms with Gasteiger partial charge >= 0.3 is 0 Å². The van der Waals surface area contributed by atoms with Crippen LogP contribution in [0, 0.1) is 0 Å². The van der Waals surface area contributed by atoms with Gasteiger partial charge in [-0.15, -0.1) is 0 Å². The highest BCUT2D eigenvalue weighted by Gasteiger charge is 2.53. The molecule has 3 aliphatic rings. The van der Waals surface area contributed by atoms with Crippen molar-refractivity contribution in [1.29, 1.82) is 0 Å². The summed E-state index contributed by atoms with van der Waals surface area (Å²) in [7, 11) is 0. The van der Waals surface area contributed by atoms with Crippen LogP contribution in [0.5, 0.6) is 0 Å². The molecule has 7 heteroatoms. The van der Waals surface area contributed by atoms with Gasteiger partial charge < -0.3 is 15.4 Å². The summed E-state index contributed by atoms with van der Waals surface area (Å²) in [5.74, 6) is -0.0925. The molecule has 0 radical (unpaired) electrons. The van der Waals surface area contributed by atoms with E-state index in [1.165, 1.54) is 10.9 Å². The first kappa shape index (κ1) is 20.0. The minimum absolute atomic E-state index is 0.0925. The summed E-state index contributed by atoms with van der Waals surface area (Å²) in [6, 6.07) is 16.0. The number of hydrogen-bond donors (Lipinski definition) is 2. The van der Waals surface area contributed by atoms with Gasteiger partial charge in [0.25, 0.3) is 5.91 Å². The molecule has 6 rings (SSSR count). The minimum Gasteiger partial charge on any atom is -0.370 e. The first-order valence-corrected chi connectivity index (χ1v) is 11.5. The van der Waals surface area contributed by atoms with Gasteiger partial charge in [-0.05, 0) is 54.8 Å². The lowest BCUT2D eigenvalue weighted by atomic mass is 9.84. The quantitative estimate of drug-likeness (QED) is 0.615. The molecule has 3 aromatic rings. The second-order valence-corrected chi connectivity index (χ2v) is 9.74. The Bertz CT molecular complexity index is 1210. The van der Waals surface area contributed by atoms with E-state index in [0.717, 1.165) is 50.1 Å². The van der Waals surface area contributed by atoms with E-state index in [0.29, 0.717) is 17.2 Å². The van der Waals surface area contributed by atoms with Crippen molar-refractivity contribution in [1.82, 2.24) is 15.2 Å². The molecule has 6 nitrogen and oxygen atoms in total. The molecule has 164 valence electrons. The summed E-state index contributed by atoms with van der Waals surface area (Å²) in [5.41, 5.74) is 3.00. The highest BCUT2D eigenvalue weighted by atomic mass is 35.5. The maximum atomic E-state index is 12.7. The number of pyridine rings is 1. The zero-order valence-corrected chi connectivity index (χ0v) is 18.5. The van der Waals surface area contributed by atoms with E-state index in [1.54, 1.807) is 6.07 Å². The fraction of sp³-hybridized carbons (Fsp3) is 0.360. The van der Waals surface area contributed by atoms with E-state index in [-0.39, 0.29) is 11.5 Å². The Morgan fingerprint density at radius 1 is 1.09 bits per heavy atom. The molecule has 0 saturated carbocycles. The number of fused-ring (bicyclic) bond motifs is 2. The molecule has 4 heterocycles. The predicted molar refractivity (Wildman–Crippen MR) is 125 cm³/mol. The van der Waals surface area contributed by atoms with Crippen LogP contribution in [0.25, 0.3) is 10.9 Å². The van der Waals surface area contributed by atoms with Crippen molar-refractivity contribution in [2.45, 2.75) is 37.1 Å². The van der Waals surface area contributed by atoms with Crippen LogP contribution >= 0.6 is 11.6 Å². The van der Waals surface area contributed by atoms with Crippen molar-refractivity contribution < 1.29 is 9.53 Å². The molecule has 3 aliphatic heterocycles. The van der Waals surface area contributed by atoms with Crippen LogP contribution in [0.2, 0.25) is 5.02 Å². The fourth-order valence-corrected chi connectivity index (χ4v) is 5.57. The highest BCUT2D eigenvalue weighted by molar-refractivity contribution is 6.31. The van der Waals surface area contributed by atoms with Crippen LogP contribution in [0.1, 0.15) is 35.2 Å². The number of piperidine rings is 1. The van der Waals surface area contributed by atoms with Gasteiger partial charge in [0.15, 0.2) is 0 Å². The molecule has 32 heavy (non-hydrogen) atoms.